The lowest BCUT2D eigenvalue weighted by Gasteiger charge is -2.12. The monoisotopic (exact) mass is 324 g/mol. The first-order valence-corrected chi connectivity index (χ1v) is 6.98. The van der Waals surface area contributed by atoms with Crippen LogP contribution in [0.15, 0.2) is 42.5 Å². The van der Waals surface area contributed by atoms with E-state index >= 15 is 0 Å². The summed E-state index contributed by atoms with van der Waals surface area (Å²) in [5, 5.41) is 6.47. The van der Waals surface area contributed by atoms with Crippen LogP contribution in [0.3, 0.4) is 0 Å². The van der Waals surface area contributed by atoms with Crippen LogP contribution in [0.5, 0.6) is 5.75 Å². The predicted molar refractivity (Wildman–Crippen MR) is 86.6 cm³/mol. The third-order valence-corrected chi connectivity index (χ3v) is 3.40. The third kappa shape index (κ3) is 4.03. The minimum atomic E-state index is -0.254. The molecule has 0 saturated heterocycles. The summed E-state index contributed by atoms with van der Waals surface area (Å²) in [5.41, 5.74) is 1.15. The maximum absolute atomic E-state index is 12.0. The highest BCUT2D eigenvalue weighted by Crippen LogP contribution is 2.29. The van der Waals surface area contributed by atoms with E-state index < -0.39 is 0 Å². The summed E-state index contributed by atoms with van der Waals surface area (Å²) < 4.78 is 5.20. The van der Waals surface area contributed by atoms with Crippen LogP contribution in [0.25, 0.3) is 0 Å². The molecule has 21 heavy (non-hydrogen) atoms. The molecule has 0 spiro atoms. The molecular weight excluding hydrogens is 311 g/mol. The van der Waals surface area contributed by atoms with Crippen molar-refractivity contribution in [1.29, 1.82) is 0 Å². The zero-order valence-corrected chi connectivity index (χ0v) is 12.8. The Balaban J connectivity index is 1.99. The van der Waals surface area contributed by atoms with E-state index in [0.29, 0.717) is 21.5 Å². The van der Waals surface area contributed by atoms with E-state index in [2.05, 4.69) is 10.6 Å². The molecule has 0 heterocycles. The Labute approximate surface area is 133 Å². The molecule has 0 radical (unpaired) electrons. The first kappa shape index (κ1) is 15.5. The highest BCUT2D eigenvalue weighted by Gasteiger charge is 2.10. The van der Waals surface area contributed by atoms with Gasteiger partial charge in [-0.05, 0) is 24.3 Å². The van der Waals surface area contributed by atoms with Gasteiger partial charge in [-0.1, -0.05) is 41.4 Å². The fraction of sp³-hybridized carbons (Fsp3) is 0.133. The van der Waals surface area contributed by atoms with Crippen molar-refractivity contribution < 1.29 is 9.53 Å². The van der Waals surface area contributed by atoms with Crippen LogP contribution in [0.4, 0.5) is 11.4 Å². The van der Waals surface area contributed by atoms with Gasteiger partial charge in [-0.2, -0.15) is 0 Å². The molecule has 0 aliphatic rings. The molecule has 2 rings (SSSR count). The Kier molecular flexibility index (Phi) is 5.31. The van der Waals surface area contributed by atoms with Gasteiger partial charge >= 0.3 is 0 Å². The summed E-state index contributed by atoms with van der Waals surface area (Å²) in [6.07, 6.45) is 0. The van der Waals surface area contributed by atoms with Crippen LogP contribution in [0.2, 0.25) is 10.0 Å². The van der Waals surface area contributed by atoms with Crippen molar-refractivity contribution in [2.45, 2.75) is 0 Å². The lowest BCUT2D eigenvalue weighted by atomic mass is 10.3. The first-order chi connectivity index (χ1) is 10.1. The number of methoxy groups -OCH3 is 1. The SMILES string of the molecule is COc1ccccc1NCC(=O)Nc1c(Cl)cccc1Cl. The Hall–Kier alpha value is -1.91. The Bertz CT molecular complexity index is 627. The zero-order valence-electron chi connectivity index (χ0n) is 11.3. The molecule has 0 aromatic heterocycles. The van der Waals surface area contributed by atoms with Gasteiger partial charge in [-0.15, -0.1) is 0 Å². The average Bonchev–Trinajstić information content (AvgIpc) is 2.49. The number of ether oxygens (including phenoxy) is 1. The molecule has 0 fully saturated rings. The molecule has 2 aromatic carbocycles. The standard InChI is InChI=1S/C15H14Cl2N2O2/c1-21-13-8-3-2-7-12(13)18-9-14(20)19-15-10(16)5-4-6-11(15)17/h2-8,18H,9H2,1H3,(H,19,20). The number of rotatable bonds is 5. The molecule has 2 aromatic rings. The lowest BCUT2D eigenvalue weighted by molar-refractivity contribution is -0.114. The summed E-state index contributed by atoms with van der Waals surface area (Å²) in [5.74, 6) is 0.414. The van der Waals surface area contributed by atoms with Gasteiger partial charge < -0.3 is 15.4 Å². The fourth-order valence-corrected chi connectivity index (χ4v) is 2.26. The number of anilines is 2. The molecule has 0 bridgehead atoms. The van der Waals surface area contributed by atoms with Gasteiger partial charge in [0, 0.05) is 0 Å². The van der Waals surface area contributed by atoms with Gasteiger partial charge in [0.25, 0.3) is 0 Å². The van der Waals surface area contributed by atoms with Crippen LogP contribution >= 0.6 is 23.2 Å². The molecule has 110 valence electrons. The first-order valence-electron chi connectivity index (χ1n) is 6.22. The summed E-state index contributed by atoms with van der Waals surface area (Å²) in [4.78, 5) is 12.0. The largest absolute Gasteiger partial charge is 0.495 e. The molecular formula is C15H14Cl2N2O2. The van der Waals surface area contributed by atoms with E-state index in [1.807, 2.05) is 24.3 Å². The summed E-state index contributed by atoms with van der Waals surface area (Å²) >= 11 is 12.0. The van der Waals surface area contributed by atoms with E-state index in [0.717, 1.165) is 5.69 Å². The molecule has 0 aliphatic heterocycles. The maximum Gasteiger partial charge on any atom is 0.243 e. The second kappa shape index (κ2) is 7.20. The van der Waals surface area contributed by atoms with E-state index in [9.17, 15) is 4.79 Å². The molecule has 0 saturated carbocycles. The maximum atomic E-state index is 12.0. The van der Waals surface area contributed by atoms with Crippen LogP contribution in [0.1, 0.15) is 0 Å². The number of hydrogen-bond donors (Lipinski definition) is 2. The van der Waals surface area contributed by atoms with Gasteiger partial charge in [0.1, 0.15) is 5.75 Å². The normalized spacial score (nSPS) is 10.0. The molecule has 0 unspecified atom stereocenters. The summed E-state index contributed by atoms with van der Waals surface area (Å²) in [6, 6.07) is 12.4. The molecule has 2 N–H and O–H groups in total. The van der Waals surface area contributed by atoms with Crippen LogP contribution in [-0.2, 0) is 4.79 Å². The number of carbonyl (C=O) groups is 1. The topological polar surface area (TPSA) is 50.4 Å². The minimum Gasteiger partial charge on any atom is -0.495 e. The number of amides is 1. The van der Waals surface area contributed by atoms with Crippen molar-refractivity contribution >= 4 is 40.5 Å². The number of carbonyl (C=O) groups excluding carboxylic acids is 1. The third-order valence-electron chi connectivity index (χ3n) is 2.77. The van der Waals surface area contributed by atoms with E-state index in [1.165, 1.54) is 0 Å². The predicted octanol–water partition coefficient (Wildman–Crippen LogP) is 4.05. The van der Waals surface area contributed by atoms with Crippen molar-refractivity contribution in [3.8, 4) is 5.75 Å². The number of halogens is 2. The Morgan fingerprint density at radius 3 is 2.43 bits per heavy atom. The van der Waals surface area contributed by atoms with Crippen molar-refractivity contribution in [2.75, 3.05) is 24.3 Å². The fourth-order valence-electron chi connectivity index (χ4n) is 1.77. The van der Waals surface area contributed by atoms with Crippen molar-refractivity contribution in [3.63, 3.8) is 0 Å². The van der Waals surface area contributed by atoms with Gasteiger partial charge in [0.05, 0.1) is 35.1 Å². The van der Waals surface area contributed by atoms with Crippen LogP contribution < -0.4 is 15.4 Å². The molecule has 6 heteroatoms. The zero-order chi connectivity index (χ0) is 15.2. The summed E-state index contributed by atoms with van der Waals surface area (Å²) in [7, 11) is 1.57. The van der Waals surface area contributed by atoms with Crippen molar-refractivity contribution in [1.82, 2.24) is 0 Å². The average molecular weight is 325 g/mol. The number of benzene rings is 2. The van der Waals surface area contributed by atoms with Crippen LogP contribution in [-0.4, -0.2) is 19.6 Å². The number of nitrogens with one attached hydrogen (secondary N) is 2. The summed E-state index contributed by atoms with van der Waals surface area (Å²) in [6.45, 7) is 0.0714. The van der Waals surface area contributed by atoms with Gasteiger partial charge in [0.15, 0.2) is 0 Å². The second-order valence-electron chi connectivity index (χ2n) is 4.20. The number of hydrogen-bond acceptors (Lipinski definition) is 3. The van der Waals surface area contributed by atoms with E-state index in [1.54, 1.807) is 25.3 Å². The smallest absolute Gasteiger partial charge is 0.243 e. The Morgan fingerprint density at radius 2 is 1.76 bits per heavy atom. The Morgan fingerprint density at radius 1 is 1.10 bits per heavy atom. The molecule has 0 atom stereocenters. The lowest BCUT2D eigenvalue weighted by Crippen LogP contribution is -2.22. The quantitative estimate of drug-likeness (QED) is 0.872. The van der Waals surface area contributed by atoms with Crippen LogP contribution in [0, 0.1) is 0 Å². The molecule has 0 aliphatic carbocycles. The van der Waals surface area contributed by atoms with Crippen molar-refractivity contribution in [2.24, 2.45) is 0 Å². The van der Waals surface area contributed by atoms with Gasteiger partial charge in [-0.25, -0.2) is 0 Å². The highest BCUT2D eigenvalue weighted by molar-refractivity contribution is 6.39. The second-order valence-corrected chi connectivity index (χ2v) is 5.01. The molecule has 4 nitrogen and oxygen atoms in total. The molecule has 1 amide bonds. The number of para-hydroxylation sites is 3. The van der Waals surface area contributed by atoms with E-state index in [4.69, 9.17) is 27.9 Å². The van der Waals surface area contributed by atoms with Gasteiger partial charge in [-0.3, -0.25) is 4.79 Å². The van der Waals surface area contributed by atoms with E-state index in [-0.39, 0.29) is 12.5 Å². The minimum absolute atomic E-state index is 0.0714. The van der Waals surface area contributed by atoms with Crippen molar-refractivity contribution in [3.05, 3.63) is 52.5 Å². The highest BCUT2D eigenvalue weighted by atomic mass is 35.5. The van der Waals surface area contributed by atoms with Gasteiger partial charge in [0.2, 0.25) is 5.91 Å².